The Hall–Kier alpha value is -0.644. The van der Waals surface area contributed by atoms with Crippen molar-refractivity contribution in [2.45, 2.75) is 357 Å². The van der Waals surface area contributed by atoms with E-state index in [2.05, 4.69) is 91.7 Å². The Labute approximate surface area is 544 Å². The van der Waals surface area contributed by atoms with Crippen molar-refractivity contribution in [3.8, 4) is 11.1 Å². The van der Waals surface area contributed by atoms with Gasteiger partial charge < -0.3 is 0 Å². The topological polar surface area (TPSA) is 62.0 Å². The number of unbranched alkanes of at least 4 members (excludes halogenated alkanes) is 31. The minimum absolute atomic E-state index is 0.169. The maximum absolute atomic E-state index is 20.5. The van der Waals surface area contributed by atoms with E-state index in [4.69, 9.17) is 12.0 Å². The van der Waals surface area contributed by atoms with E-state index >= 15 is 8.78 Å². The first kappa shape index (κ1) is 73.4. The molecule has 10 heteroatoms. The van der Waals surface area contributed by atoms with Gasteiger partial charge in [-0.25, -0.2) is 0 Å². The Morgan fingerprint density at radius 3 is 1.21 bits per heavy atom. The van der Waals surface area contributed by atoms with E-state index in [1.807, 2.05) is 0 Å². The van der Waals surface area contributed by atoms with Gasteiger partial charge in [0.05, 0.1) is 0 Å². The first-order valence-corrected chi connectivity index (χ1v) is 56.2. The first-order chi connectivity index (χ1) is 41.3. The summed E-state index contributed by atoms with van der Waals surface area (Å²) in [6, 6.07) is 2.51. The Morgan fingerprint density at radius 1 is 0.471 bits per heavy atom. The number of benzene rings is 2. The number of allylic oxidation sites excluding steroid dienone is 4. The van der Waals surface area contributed by atoms with Gasteiger partial charge in [-0.05, 0) is 0 Å². The minimum Gasteiger partial charge on any atom is -0.0654 e. The molecule has 1 heterocycles. The molecular formula is C75H123F2N4Se2Sn2. The van der Waals surface area contributed by atoms with Crippen molar-refractivity contribution in [2.75, 3.05) is 0 Å². The molecule has 3 aliphatic carbocycles. The van der Waals surface area contributed by atoms with E-state index in [9.17, 15) is 5.41 Å². The zero-order chi connectivity index (χ0) is 61.3. The van der Waals surface area contributed by atoms with Crippen LogP contribution in [0.1, 0.15) is 340 Å². The Morgan fingerprint density at radius 2 is 0.824 bits per heavy atom. The molecule has 6 rings (SSSR count). The molecule has 1 radical (unpaired) electrons. The van der Waals surface area contributed by atoms with Crippen LogP contribution in [-0.2, 0) is 10.8 Å². The summed E-state index contributed by atoms with van der Waals surface area (Å²) in [5.74, 6) is -0.362. The average molecular weight is 1510 g/mol. The number of nitrogens with one attached hydrogen (secondary N) is 1. The predicted octanol–water partition coefficient (Wildman–Crippen LogP) is 23.8. The van der Waals surface area contributed by atoms with E-state index in [1.165, 1.54) is 199 Å². The third kappa shape index (κ3) is 18.1. The standard InChI is InChI=1S/C60H87F2N4Se2.3C4H9.3CH3.2Sn/c1-5-9-13-17-21-25-29-33-41-59(42-34-30-26-22-18-14-10-6-2)45-37-39-47(63)57(64-67)49(45)51-53(59)56(62)52-50-46(38-40-48-58(50)66-68-65-48)60(54(52)55(51)61,43-35-31-27-23-19-15-11-7-3)44-36-32-28-24-20-16-12-8-4;3*1-3-4-2;;;;;/h37-38,63H,5-36,41-44H2,1-4H3;3*1,3-4H2,2H3;3*1H3;;/b63-47?,64-57+;;;;;;;;. The molecule has 1 aromatic heterocycles. The van der Waals surface area contributed by atoms with Gasteiger partial charge in [0.15, 0.2) is 0 Å². The summed E-state index contributed by atoms with van der Waals surface area (Å²) in [4.78, 5) is 7.50. The van der Waals surface area contributed by atoms with Gasteiger partial charge >= 0.3 is 496 Å². The number of aromatic nitrogens is 2. The fraction of sp³-hybridized carbons (Fsp3) is 0.760. The molecule has 0 saturated heterocycles. The second-order valence-corrected chi connectivity index (χ2v) is 57.5. The molecule has 0 aliphatic heterocycles. The number of hydrogen-bond donors (Lipinski definition) is 1. The first-order valence-electron chi connectivity index (χ1n) is 36.4. The Bertz CT molecular complexity index is 2560. The molecule has 0 unspecified atom stereocenters. The van der Waals surface area contributed by atoms with Gasteiger partial charge in [-0.15, -0.1) is 0 Å². The molecule has 0 atom stereocenters. The van der Waals surface area contributed by atoms with Crippen LogP contribution in [0.15, 0.2) is 25.3 Å². The molecule has 3 aliphatic rings. The van der Waals surface area contributed by atoms with Crippen LogP contribution in [0.3, 0.4) is 0 Å². The van der Waals surface area contributed by atoms with Crippen LogP contribution >= 0.6 is 0 Å². The van der Waals surface area contributed by atoms with Crippen molar-refractivity contribution in [2.24, 2.45) is 4.01 Å². The minimum atomic E-state index is -3.42. The average Bonchev–Trinajstić information content (AvgIpc) is 1.53. The molecule has 1 N–H and O–H groups in total. The van der Waals surface area contributed by atoms with Crippen molar-refractivity contribution in [1.29, 1.82) is 5.41 Å². The van der Waals surface area contributed by atoms with Crippen molar-refractivity contribution in [3.05, 3.63) is 55.2 Å². The molecular weight excluding hydrogens is 1390 g/mol. The van der Waals surface area contributed by atoms with Gasteiger partial charge in [-0.2, -0.15) is 0 Å². The summed E-state index contributed by atoms with van der Waals surface area (Å²) in [7, 11) is 0. The SMILES string of the molecule is CCCCCCCCCCC1(CCCCCCCCCC)C2=C(/C(=N/[Se])C(=N)[C]([Sn]([CH2]CCC)([CH2]CCC)[CH2]CCC)=C2)c2c(F)c3c(c(F)c21)-c1c(c[c]([Sn]([CH3])([CH3])[CH3])c2n[se]nc12)C3(CCCCCCCCCC)CCCCCCCCCC. The quantitative estimate of drug-likeness (QED) is 0.0348. The van der Waals surface area contributed by atoms with E-state index in [0.29, 0.717) is 33.7 Å². The second-order valence-electron chi connectivity index (χ2n) is 28.5. The van der Waals surface area contributed by atoms with Crippen LogP contribution in [0.2, 0.25) is 28.1 Å². The monoisotopic (exact) mass is 1520 g/mol. The summed E-state index contributed by atoms with van der Waals surface area (Å²) in [5.41, 5.74) is 7.87. The van der Waals surface area contributed by atoms with Gasteiger partial charge in [0.25, 0.3) is 0 Å². The number of halogens is 2. The Balaban J connectivity index is 1.70. The molecule has 4 nitrogen and oxygen atoms in total. The second kappa shape index (κ2) is 37.8. The third-order valence-corrected chi connectivity index (χ3v) is 43.8. The zero-order valence-corrected chi connectivity index (χ0v) is 65.5. The van der Waals surface area contributed by atoms with Gasteiger partial charge in [0, 0.05) is 0 Å². The van der Waals surface area contributed by atoms with Crippen molar-refractivity contribution in [3.63, 3.8) is 0 Å². The number of rotatable bonds is 47. The number of hydrogen-bond acceptors (Lipinski definition) is 4. The van der Waals surface area contributed by atoms with E-state index in [0.717, 1.165) is 124 Å². The normalized spacial score (nSPS) is 15.8. The molecule has 0 amide bonds. The van der Waals surface area contributed by atoms with Crippen LogP contribution in [0.5, 0.6) is 0 Å². The maximum atomic E-state index is 20.5. The summed E-state index contributed by atoms with van der Waals surface area (Å²) < 4.78 is 63.2. The molecule has 0 spiro atoms. The van der Waals surface area contributed by atoms with E-state index in [1.54, 1.807) is 0 Å². The fourth-order valence-corrected chi connectivity index (χ4v) is 38.8. The van der Waals surface area contributed by atoms with Crippen LogP contribution < -0.4 is 3.58 Å². The van der Waals surface area contributed by atoms with E-state index in [-0.39, 0.29) is 26.6 Å². The summed E-state index contributed by atoms with van der Waals surface area (Å²) in [5, 5.41) is 10.7. The molecule has 477 valence electrons. The Kier molecular flexibility index (Phi) is 32.6. The van der Waals surface area contributed by atoms with Crippen molar-refractivity contribution >= 4 is 99.6 Å². The smallest absolute Gasteiger partial charge is 0.0654 e. The molecule has 0 saturated carbocycles. The number of fused-ring (bicyclic) bond motifs is 7. The molecule has 85 heavy (non-hydrogen) atoms. The number of nitrogens with zero attached hydrogens (tertiary/aromatic N) is 3. The van der Waals surface area contributed by atoms with Gasteiger partial charge in [0.1, 0.15) is 0 Å². The third-order valence-electron chi connectivity index (χ3n) is 21.0. The van der Waals surface area contributed by atoms with E-state index < -0.39 is 47.6 Å². The van der Waals surface area contributed by atoms with Crippen molar-refractivity contribution < 1.29 is 8.78 Å². The van der Waals surface area contributed by atoms with Gasteiger partial charge in [-0.1, -0.05) is 53.4 Å². The van der Waals surface area contributed by atoms with Gasteiger partial charge in [0.2, 0.25) is 0 Å². The molecule has 2 aromatic carbocycles. The van der Waals surface area contributed by atoms with Crippen LogP contribution in [0, 0.1) is 17.0 Å². The molecule has 0 fully saturated rings. The summed E-state index contributed by atoms with van der Waals surface area (Å²) in [6.07, 6.45) is 51.2. The van der Waals surface area contributed by atoms with Crippen LogP contribution in [0.25, 0.3) is 27.7 Å². The summed E-state index contributed by atoms with van der Waals surface area (Å²) >= 11 is -3.56. The van der Waals surface area contributed by atoms with Gasteiger partial charge in [-0.3, -0.25) is 0 Å². The summed E-state index contributed by atoms with van der Waals surface area (Å²) in [6.45, 7) is 16.2. The molecule has 0 bridgehead atoms. The predicted molar refractivity (Wildman–Crippen MR) is 377 cm³/mol. The molecule has 3 aromatic rings. The fourth-order valence-electron chi connectivity index (χ4n) is 16.1. The van der Waals surface area contributed by atoms with Crippen LogP contribution in [-0.4, -0.2) is 87.3 Å². The van der Waals surface area contributed by atoms with Crippen molar-refractivity contribution in [1.82, 2.24) is 7.96 Å². The van der Waals surface area contributed by atoms with Crippen LogP contribution in [0.4, 0.5) is 8.78 Å². The zero-order valence-electron chi connectivity index (χ0n) is 56.4.